The standard InChI is InChI=1S/C14H21N7O4/c1-20(2)6-16-14-17-12(19-24-3)11-13(18-14)21(7-15-11)10-4-8(23)9(5-22)25-10/h6-10,22-23H,4-5H2,1-3H3,(H,17,18,19)/b16-6+. The summed E-state index contributed by atoms with van der Waals surface area (Å²) in [6.07, 6.45) is 1.58. The summed E-state index contributed by atoms with van der Waals surface area (Å²) in [5.74, 6) is 0.592. The van der Waals surface area contributed by atoms with E-state index in [1.807, 2.05) is 14.1 Å². The van der Waals surface area contributed by atoms with Gasteiger partial charge in [0, 0.05) is 20.5 Å². The number of anilines is 1. The topological polar surface area (TPSA) is 130 Å². The second-order valence-electron chi connectivity index (χ2n) is 5.83. The molecule has 136 valence electrons. The molecule has 0 aliphatic carbocycles. The molecule has 1 aliphatic rings. The van der Waals surface area contributed by atoms with Crippen LogP contribution in [0.25, 0.3) is 11.2 Å². The van der Waals surface area contributed by atoms with E-state index >= 15 is 0 Å². The molecule has 0 amide bonds. The monoisotopic (exact) mass is 351 g/mol. The highest BCUT2D eigenvalue weighted by Crippen LogP contribution is 2.32. The fourth-order valence-corrected chi connectivity index (χ4v) is 2.56. The average Bonchev–Trinajstić information content (AvgIpc) is 3.16. The van der Waals surface area contributed by atoms with Crippen LogP contribution in [0.4, 0.5) is 11.8 Å². The van der Waals surface area contributed by atoms with Crippen LogP contribution in [0.5, 0.6) is 0 Å². The molecule has 2 aromatic rings. The number of hydrogen-bond donors (Lipinski definition) is 3. The van der Waals surface area contributed by atoms with Crippen molar-refractivity contribution < 1.29 is 19.8 Å². The number of ether oxygens (including phenoxy) is 1. The zero-order chi connectivity index (χ0) is 18.0. The minimum absolute atomic E-state index is 0.222. The van der Waals surface area contributed by atoms with Gasteiger partial charge in [-0.25, -0.2) is 15.5 Å². The summed E-state index contributed by atoms with van der Waals surface area (Å²) in [5.41, 5.74) is 3.63. The summed E-state index contributed by atoms with van der Waals surface area (Å²) in [6, 6.07) is 0. The minimum Gasteiger partial charge on any atom is -0.394 e. The summed E-state index contributed by atoms with van der Waals surface area (Å²) in [4.78, 5) is 23.9. The Morgan fingerprint density at radius 1 is 1.52 bits per heavy atom. The molecule has 2 aromatic heterocycles. The van der Waals surface area contributed by atoms with Gasteiger partial charge in [-0.15, -0.1) is 0 Å². The summed E-state index contributed by atoms with van der Waals surface area (Å²) in [5, 5.41) is 19.2. The molecule has 0 aromatic carbocycles. The smallest absolute Gasteiger partial charge is 0.254 e. The van der Waals surface area contributed by atoms with Crippen molar-refractivity contribution in [1.29, 1.82) is 0 Å². The van der Waals surface area contributed by atoms with Crippen LogP contribution in [0.15, 0.2) is 11.3 Å². The Morgan fingerprint density at radius 2 is 2.32 bits per heavy atom. The number of nitrogens with one attached hydrogen (secondary N) is 1. The van der Waals surface area contributed by atoms with E-state index in [0.717, 1.165) is 0 Å². The third kappa shape index (κ3) is 3.54. The van der Waals surface area contributed by atoms with E-state index in [4.69, 9.17) is 9.57 Å². The second kappa shape index (κ2) is 7.27. The van der Waals surface area contributed by atoms with Crippen LogP contribution in [0.1, 0.15) is 12.6 Å². The third-order valence-corrected chi connectivity index (χ3v) is 3.71. The number of imidazole rings is 1. The van der Waals surface area contributed by atoms with E-state index < -0.39 is 18.4 Å². The fourth-order valence-electron chi connectivity index (χ4n) is 2.56. The molecule has 3 unspecified atom stereocenters. The van der Waals surface area contributed by atoms with E-state index in [1.165, 1.54) is 7.11 Å². The first-order valence-electron chi connectivity index (χ1n) is 7.72. The molecule has 3 N–H and O–H groups in total. The van der Waals surface area contributed by atoms with Crippen LogP contribution in [0, 0.1) is 0 Å². The Morgan fingerprint density at radius 3 is 2.96 bits per heavy atom. The lowest BCUT2D eigenvalue weighted by Crippen LogP contribution is -2.24. The summed E-state index contributed by atoms with van der Waals surface area (Å²) >= 11 is 0. The highest BCUT2D eigenvalue weighted by Gasteiger charge is 2.35. The largest absolute Gasteiger partial charge is 0.394 e. The Labute approximate surface area is 143 Å². The molecule has 11 nitrogen and oxygen atoms in total. The van der Waals surface area contributed by atoms with Gasteiger partial charge in [0.25, 0.3) is 5.95 Å². The molecule has 1 fully saturated rings. The first-order chi connectivity index (χ1) is 12.0. The maximum Gasteiger partial charge on any atom is 0.254 e. The van der Waals surface area contributed by atoms with Crippen LogP contribution in [0.2, 0.25) is 0 Å². The average molecular weight is 351 g/mol. The summed E-state index contributed by atoms with van der Waals surface area (Å²) < 4.78 is 7.36. The van der Waals surface area contributed by atoms with E-state index in [9.17, 15) is 10.2 Å². The zero-order valence-corrected chi connectivity index (χ0v) is 14.2. The zero-order valence-electron chi connectivity index (χ0n) is 14.2. The SMILES string of the molecule is CONc1nc(/N=C/N(C)C)nc2c1ncn2C1CC(O)C(CO)O1. The van der Waals surface area contributed by atoms with Crippen LogP contribution in [-0.2, 0) is 9.57 Å². The molecule has 0 radical (unpaired) electrons. The molecule has 3 atom stereocenters. The van der Waals surface area contributed by atoms with Gasteiger partial charge in [0.1, 0.15) is 12.3 Å². The first kappa shape index (κ1) is 17.5. The number of rotatable bonds is 6. The molecule has 0 bridgehead atoms. The van der Waals surface area contributed by atoms with E-state index in [2.05, 4.69) is 25.4 Å². The Kier molecular flexibility index (Phi) is 5.08. The Bertz CT molecular complexity index is 763. The van der Waals surface area contributed by atoms with E-state index in [-0.39, 0.29) is 12.6 Å². The Balaban J connectivity index is 2.02. The molecule has 3 heterocycles. The minimum atomic E-state index is -0.753. The predicted molar refractivity (Wildman–Crippen MR) is 89.4 cm³/mol. The molecular weight excluding hydrogens is 330 g/mol. The summed E-state index contributed by atoms with van der Waals surface area (Å²) in [7, 11) is 5.14. The number of aliphatic imine (C=N–C) groups is 1. The van der Waals surface area contributed by atoms with Gasteiger partial charge in [0.2, 0.25) is 0 Å². The van der Waals surface area contributed by atoms with Crippen molar-refractivity contribution in [2.75, 3.05) is 33.3 Å². The molecule has 25 heavy (non-hydrogen) atoms. The van der Waals surface area contributed by atoms with Crippen LogP contribution < -0.4 is 5.48 Å². The van der Waals surface area contributed by atoms with Gasteiger partial charge in [0.05, 0.1) is 32.5 Å². The van der Waals surface area contributed by atoms with E-state index in [1.54, 1.807) is 22.1 Å². The maximum absolute atomic E-state index is 9.96. The molecular formula is C14H21N7O4. The first-order valence-corrected chi connectivity index (χ1v) is 7.72. The molecule has 0 saturated carbocycles. The highest BCUT2D eigenvalue weighted by atomic mass is 16.6. The Hall–Kier alpha value is -2.34. The van der Waals surface area contributed by atoms with Gasteiger partial charge in [-0.1, -0.05) is 0 Å². The van der Waals surface area contributed by atoms with Crippen molar-refractivity contribution in [3.63, 3.8) is 0 Å². The number of aliphatic hydroxyl groups excluding tert-OH is 2. The van der Waals surface area contributed by atoms with Crippen molar-refractivity contribution >= 4 is 29.3 Å². The lowest BCUT2D eigenvalue weighted by molar-refractivity contribution is -0.0432. The van der Waals surface area contributed by atoms with Crippen molar-refractivity contribution in [3.05, 3.63) is 6.33 Å². The molecule has 0 spiro atoms. The maximum atomic E-state index is 9.96. The van der Waals surface area contributed by atoms with Gasteiger partial charge in [0.15, 0.2) is 17.0 Å². The number of aliphatic hydroxyl groups is 2. The number of nitrogens with zero attached hydrogens (tertiary/aromatic N) is 6. The predicted octanol–water partition coefficient (Wildman–Crippen LogP) is -0.338. The van der Waals surface area contributed by atoms with Gasteiger partial charge in [-0.3, -0.25) is 9.40 Å². The van der Waals surface area contributed by atoms with Crippen LogP contribution >= 0.6 is 0 Å². The van der Waals surface area contributed by atoms with Crippen molar-refractivity contribution in [2.24, 2.45) is 4.99 Å². The quantitative estimate of drug-likeness (QED) is 0.363. The molecule has 1 aliphatic heterocycles. The molecule has 1 saturated heterocycles. The van der Waals surface area contributed by atoms with Gasteiger partial charge >= 0.3 is 0 Å². The van der Waals surface area contributed by atoms with Crippen molar-refractivity contribution in [3.8, 4) is 0 Å². The third-order valence-electron chi connectivity index (χ3n) is 3.71. The molecule has 11 heteroatoms. The lowest BCUT2D eigenvalue weighted by atomic mass is 10.2. The highest BCUT2D eigenvalue weighted by molar-refractivity contribution is 5.84. The van der Waals surface area contributed by atoms with Crippen molar-refractivity contribution in [2.45, 2.75) is 24.9 Å². The lowest BCUT2D eigenvalue weighted by Gasteiger charge is -2.14. The van der Waals surface area contributed by atoms with Gasteiger partial charge in [-0.2, -0.15) is 9.97 Å². The van der Waals surface area contributed by atoms with Crippen LogP contribution in [0.3, 0.4) is 0 Å². The normalized spacial score (nSPS) is 23.6. The van der Waals surface area contributed by atoms with Gasteiger partial charge in [-0.05, 0) is 0 Å². The number of fused-ring (bicyclic) bond motifs is 1. The number of hydrogen-bond acceptors (Lipinski definition) is 9. The molecule has 3 rings (SSSR count). The second-order valence-corrected chi connectivity index (χ2v) is 5.83. The fraction of sp³-hybridized carbons (Fsp3) is 0.571. The summed E-state index contributed by atoms with van der Waals surface area (Å²) in [6.45, 7) is -0.256. The number of aromatic nitrogens is 4. The van der Waals surface area contributed by atoms with Crippen molar-refractivity contribution in [1.82, 2.24) is 24.4 Å². The van der Waals surface area contributed by atoms with Gasteiger partial charge < -0.3 is 19.8 Å². The van der Waals surface area contributed by atoms with E-state index in [0.29, 0.717) is 23.4 Å². The van der Waals surface area contributed by atoms with Crippen LogP contribution in [-0.4, -0.2) is 81.0 Å².